The number of aromatic nitrogens is 1. The number of fused-ring (bicyclic) bond motifs is 3. The van der Waals surface area contributed by atoms with Crippen molar-refractivity contribution in [1.82, 2.24) is 0 Å². The lowest BCUT2D eigenvalue weighted by molar-refractivity contribution is -0.697. The Hall–Kier alpha value is -5.45. The number of aromatic hydroxyl groups is 1. The number of phenols is 1. The maximum atomic E-state index is 11.0. The van der Waals surface area contributed by atoms with E-state index in [1.54, 1.807) is 24.3 Å². The molecular weight excluding hydrogens is 653 g/mol. The van der Waals surface area contributed by atoms with Gasteiger partial charge in [-0.25, -0.2) is 9.36 Å². The van der Waals surface area contributed by atoms with Crippen LogP contribution in [0.25, 0.3) is 23.3 Å². The van der Waals surface area contributed by atoms with Crippen LogP contribution < -0.4 is 14.2 Å². The molecule has 1 aliphatic carbocycles. The third-order valence-electron chi connectivity index (χ3n) is 8.96. The Kier molecular flexibility index (Phi) is 9.76. The quantitative estimate of drug-likeness (QED) is 0.0650. The Labute approximate surface area is 292 Å². The second-order valence-electron chi connectivity index (χ2n) is 12.9. The number of carboxylic acid groups (broad SMARTS) is 1. The standard InChI is InChI=1S/C40H38N2O7S/c1-40(2)37-25-29(6-5-28-19-22-41(23-20-28)21-3-4-24-50(46,47)48)7-17-35(37)36-18-12-32(26-38(36)40)42(30-8-13-33(43)14-9-30)31-10-15-34(16-11-31)49-27-39(44)45/h5-20,22-23,25-26H,3-4,21,24,27H2,1-2H3,(H2-,43,44,45,46,47,48)/p+1. The van der Waals surface area contributed by atoms with E-state index in [4.69, 9.17) is 14.4 Å². The molecule has 0 saturated carbocycles. The van der Waals surface area contributed by atoms with Crippen LogP contribution in [0.15, 0.2) is 109 Å². The van der Waals surface area contributed by atoms with Crippen molar-refractivity contribution in [2.75, 3.05) is 17.3 Å². The predicted molar refractivity (Wildman–Crippen MR) is 195 cm³/mol. The summed E-state index contributed by atoms with van der Waals surface area (Å²) in [7, 11) is -3.92. The van der Waals surface area contributed by atoms with Crippen LogP contribution in [0, 0.1) is 0 Å². The lowest BCUT2D eigenvalue weighted by Gasteiger charge is -2.28. The molecule has 6 rings (SSSR count). The highest BCUT2D eigenvalue weighted by Crippen LogP contribution is 2.51. The first-order valence-electron chi connectivity index (χ1n) is 16.3. The lowest BCUT2D eigenvalue weighted by Crippen LogP contribution is -2.32. The molecular formula is C40H39N2O7S+. The third-order valence-corrected chi connectivity index (χ3v) is 9.77. The molecule has 50 heavy (non-hydrogen) atoms. The highest BCUT2D eigenvalue weighted by atomic mass is 32.2. The third kappa shape index (κ3) is 7.88. The van der Waals surface area contributed by atoms with Gasteiger partial charge in [0.25, 0.3) is 10.1 Å². The average molecular weight is 692 g/mol. The first-order chi connectivity index (χ1) is 23.9. The van der Waals surface area contributed by atoms with Crippen molar-refractivity contribution in [3.05, 3.63) is 132 Å². The summed E-state index contributed by atoms with van der Waals surface area (Å²) < 4.78 is 38.1. The molecule has 0 amide bonds. The van der Waals surface area contributed by atoms with Crippen LogP contribution in [0.3, 0.4) is 0 Å². The molecule has 5 aromatic rings. The zero-order chi connectivity index (χ0) is 35.5. The van der Waals surface area contributed by atoms with Gasteiger partial charge in [0.05, 0.1) is 5.75 Å². The van der Waals surface area contributed by atoms with Gasteiger partial charge < -0.3 is 19.8 Å². The maximum absolute atomic E-state index is 11.0. The van der Waals surface area contributed by atoms with Crippen molar-refractivity contribution in [1.29, 1.82) is 0 Å². The van der Waals surface area contributed by atoms with E-state index in [9.17, 15) is 18.3 Å². The van der Waals surface area contributed by atoms with Crippen LogP contribution in [0.1, 0.15) is 48.9 Å². The highest BCUT2D eigenvalue weighted by molar-refractivity contribution is 7.85. The second kappa shape index (κ2) is 14.2. The van der Waals surface area contributed by atoms with Gasteiger partial charge in [-0.1, -0.05) is 50.3 Å². The number of benzene rings is 4. The van der Waals surface area contributed by atoms with E-state index in [1.807, 2.05) is 53.4 Å². The SMILES string of the molecule is CC1(C)c2cc(/C=C/c3cc[n+](CCCCS(=O)(=O)O)cc3)ccc2-c2ccc(N(c3ccc(O)cc3)c3ccc(OCC(=O)O)cc3)cc21. The van der Waals surface area contributed by atoms with E-state index in [2.05, 4.69) is 67.3 Å². The summed E-state index contributed by atoms with van der Waals surface area (Å²) in [5.74, 6) is -0.635. The Bertz CT molecular complexity index is 2140. The van der Waals surface area contributed by atoms with Crippen LogP contribution >= 0.6 is 0 Å². The van der Waals surface area contributed by atoms with Crippen molar-refractivity contribution in [3.63, 3.8) is 0 Å². The van der Waals surface area contributed by atoms with Crippen molar-refractivity contribution in [3.8, 4) is 22.6 Å². The number of carboxylic acids is 1. The van der Waals surface area contributed by atoms with Crippen molar-refractivity contribution < 1.29 is 37.3 Å². The van der Waals surface area contributed by atoms with E-state index in [0.717, 1.165) is 28.2 Å². The largest absolute Gasteiger partial charge is 0.508 e. The molecule has 0 spiro atoms. The molecule has 3 N–H and O–H groups in total. The maximum Gasteiger partial charge on any atom is 0.341 e. The molecule has 0 unspecified atom stereocenters. The van der Waals surface area contributed by atoms with Crippen molar-refractivity contribution in [2.24, 2.45) is 0 Å². The number of ether oxygens (including phenoxy) is 1. The number of pyridine rings is 1. The molecule has 1 aromatic heterocycles. The molecule has 0 saturated heterocycles. The zero-order valence-corrected chi connectivity index (χ0v) is 28.7. The smallest absolute Gasteiger partial charge is 0.341 e. The monoisotopic (exact) mass is 691 g/mol. The Morgan fingerprint density at radius 2 is 1.36 bits per heavy atom. The molecule has 0 fully saturated rings. The van der Waals surface area contributed by atoms with Gasteiger partial charge in [0, 0.05) is 41.0 Å². The molecule has 4 aromatic carbocycles. The van der Waals surface area contributed by atoms with Gasteiger partial charge in [0.1, 0.15) is 18.0 Å². The van der Waals surface area contributed by atoms with Crippen LogP contribution in [-0.4, -0.2) is 41.5 Å². The Morgan fingerprint density at radius 1 is 0.780 bits per heavy atom. The molecule has 10 heteroatoms. The topological polar surface area (TPSA) is 128 Å². The van der Waals surface area contributed by atoms with E-state index in [1.165, 1.54) is 22.3 Å². The number of anilines is 3. The summed E-state index contributed by atoms with van der Waals surface area (Å²) in [6, 6.07) is 31.3. The van der Waals surface area contributed by atoms with Gasteiger partial charge in [-0.2, -0.15) is 8.42 Å². The minimum Gasteiger partial charge on any atom is -0.508 e. The van der Waals surface area contributed by atoms with Gasteiger partial charge in [0.2, 0.25) is 0 Å². The minimum absolute atomic E-state index is 0.170. The van der Waals surface area contributed by atoms with Crippen LogP contribution in [-0.2, 0) is 26.9 Å². The number of hydrogen-bond acceptors (Lipinski definition) is 6. The molecule has 256 valence electrons. The number of hydrogen-bond donors (Lipinski definition) is 3. The van der Waals surface area contributed by atoms with E-state index < -0.39 is 22.7 Å². The normalized spacial score (nSPS) is 13.2. The zero-order valence-electron chi connectivity index (χ0n) is 27.9. The van der Waals surface area contributed by atoms with E-state index >= 15 is 0 Å². The van der Waals surface area contributed by atoms with Crippen LogP contribution in [0.5, 0.6) is 11.5 Å². The van der Waals surface area contributed by atoms with Gasteiger partial charge in [0.15, 0.2) is 19.0 Å². The summed E-state index contributed by atoms with van der Waals surface area (Å²) in [6.07, 6.45) is 9.18. The van der Waals surface area contributed by atoms with Gasteiger partial charge in [-0.3, -0.25) is 4.55 Å². The van der Waals surface area contributed by atoms with Crippen LogP contribution in [0.4, 0.5) is 17.1 Å². The first kappa shape index (κ1) is 34.4. The summed E-state index contributed by atoms with van der Waals surface area (Å²) >= 11 is 0. The molecule has 9 nitrogen and oxygen atoms in total. The molecule has 0 aliphatic heterocycles. The second-order valence-corrected chi connectivity index (χ2v) is 14.5. The molecule has 0 atom stereocenters. The molecule has 0 bridgehead atoms. The lowest BCUT2D eigenvalue weighted by atomic mass is 9.81. The number of nitrogens with zero attached hydrogens (tertiary/aromatic N) is 2. The molecule has 0 radical (unpaired) electrons. The summed E-state index contributed by atoms with van der Waals surface area (Å²) in [5.41, 5.74) is 9.29. The fourth-order valence-corrected chi connectivity index (χ4v) is 6.94. The molecule has 1 heterocycles. The van der Waals surface area contributed by atoms with Gasteiger partial charge in [-0.05, 0) is 100 Å². The summed E-state index contributed by atoms with van der Waals surface area (Å²) in [6.45, 7) is 4.72. The predicted octanol–water partition coefficient (Wildman–Crippen LogP) is 7.76. The number of aryl methyl sites for hydroxylation is 1. The summed E-state index contributed by atoms with van der Waals surface area (Å²) in [5, 5.41) is 19.0. The van der Waals surface area contributed by atoms with Crippen LogP contribution in [0.2, 0.25) is 0 Å². The summed E-state index contributed by atoms with van der Waals surface area (Å²) in [4.78, 5) is 13.1. The number of rotatable bonds is 13. The fourth-order valence-electron chi connectivity index (χ4n) is 6.37. The van der Waals surface area contributed by atoms with Gasteiger partial charge in [-0.15, -0.1) is 0 Å². The Balaban J connectivity index is 1.23. The highest BCUT2D eigenvalue weighted by Gasteiger charge is 2.36. The average Bonchev–Trinajstić information content (AvgIpc) is 3.31. The van der Waals surface area contributed by atoms with Crippen molar-refractivity contribution in [2.45, 2.75) is 38.6 Å². The van der Waals surface area contributed by atoms with E-state index in [-0.39, 0.29) is 16.9 Å². The van der Waals surface area contributed by atoms with E-state index in [0.29, 0.717) is 25.1 Å². The first-order valence-corrected chi connectivity index (χ1v) is 17.9. The Morgan fingerprint density at radius 3 is 2.00 bits per heavy atom. The number of aliphatic carboxylic acids is 1. The number of carbonyl (C=O) groups is 1. The fraction of sp³-hybridized carbons (Fsp3) is 0.200. The number of phenolic OH excluding ortho intramolecular Hbond substituents is 1. The van der Waals surface area contributed by atoms with Crippen molar-refractivity contribution >= 4 is 45.3 Å². The minimum atomic E-state index is -3.92. The molecule has 1 aliphatic rings. The van der Waals surface area contributed by atoms with Gasteiger partial charge >= 0.3 is 5.97 Å². The number of unbranched alkanes of at least 4 members (excludes halogenated alkanes) is 1.